The van der Waals surface area contributed by atoms with Crippen molar-refractivity contribution in [3.05, 3.63) is 0 Å². The van der Waals surface area contributed by atoms with E-state index in [1.807, 2.05) is 0 Å². The topological polar surface area (TPSA) is 83.4 Å². The van der Waals surface area contributed by atoms with E-state index >= 15 is 0 Å². The molecule has 0 atom stereocenters. The molecule has 0 aromatic rings. The normalized spacial score (nSPS) is 19.2. The van der Waals surface area contributed by atoms with Crippen LogP contribution >= 0.6 is 0 Å². The summed E-state index contributed by atoms with van der Waals surface area (Å²) < 4.78 is 4.85. The number of amides is 2. The van der Waals surface area contributed by atoms with Gasteiger partial charge in [0.2, 0.25) is 11.8 Å². The zero-order chi connectivity index (χ0) is 16.7. The number of nitrogens with one attached hydrogen (secondary N) is 1. The Morgan fingerprint density at radius 2 is 2.04 bits per heavy atom. The van der Waals surface area contributed by atoms with Gasteiger partial charge in [-0.2, -0.15) is 10.2 Å². The van der Waals surface area contributed by atoms with Crippen molar-refractivity contribution in [1.82, 2.24) is 10.2 Å². The number of hydrogen-bond acceptors (Lipinski definition) is 5. The lowest BCUT2D eigenvalue weighted by molar-refractivity contribution is -0.136. The van der Waals surface area contributed by atoms with Crippen molar-refractivity contribution in [1.29, 1.82) is 0 Å². The average molecular weight is 320 g/mol. The number of terminal acetylenes is 1. The van der Waals surface area contributed by atoms with Gasteiger partial charge in [-0.1, -0.05) is 0 Å². The first-order valence-corrected chi connectivity index (χ1v) is 8.02. The molecule has 7 nitrogen and oxygen atoms in total. The number of carbonyl (C=O) groups is 2. The molecule has 2 heterocycles. The van der Waals surface area contributed by atoms with Crippen LogP contribution in [0.3, 0.4) is 0 Å². The molecule has 126 valence electrons. The van der Waals surface area contributed by atoms with Crippen molar-refractivity contribution in [2.24, 2.45) is 10.2 Å². The maximum atomic E-state index is 12.0. The maximum Gasteiger partial charge on any atom is 0.248 e. The molecular weight excluding hydrogens is 296 g/mol. The van der Waals surface area contributed by atoms with Crippen LogP contribution in [0.15, 0.2) is 10.2 Å². The second-order valence-corrected chi connectivity index (χ2v) is 6.04. The van der Waals surface area contributed by atoms with Gasteiger partial charge in [-0.05, 0) is 12.8 Å². The van der Waals surface area contributed by atoms with Crippen molar-refractivity contribution < 1.29 is 14.3 Å². The minimum absolute atomic E-state index is 0.00434. The smallest absolute Gasteiger partial charge is 0.248 e. The van der Waals surface area contributed by atoms with Crippen molar-refractivity contribution in [2.45, 2.75) is 50.2 Å². The molecular formula is C16H24N4O3. The van der Waals surface area contributed by atoms with Gasteiger partial charge in [0.05, 0.1) is 0 Å². The number of carbonyl (C=O) groups excluding carboxylic acids is 2. The van der Waals surface area contributed by atoms with Crippen molar-refractivity contribution in [3.8, 4) is 12.3 Å². The van der Waals surface area contributed by atoms with Crippen LogP contribution in [0, 0.1) is 12.3 Å². The molecule has 0 saturated carbocycles. The molecule has 23 heavy (non-hydrogen) atoms. The van der Waals surface area contributed by atoms with E-state index < -0.39 is 5.66 Å². The van der Waals surface area contributed by atoms with Crippen molar-refractivity contribution in [2.75, 3.05) is 26.8 Å². The number of methoxy groups -OCH3 is 1. The summed E-state index contributed by atoms with van der Waals surface area (Å²) in [5.41, 5.74) is -0.403. The van der Waals surface area contributed by atoms with E-state index in [1.165, 1.54) is 7.11 Å². The Morgan fingerprint density at radius 1 is 1.35 bits per heavy atom. The second kappa shape index (κ2) is 8.06. The fourth-order valence-corrected chi connectivity index (χ4v) is 2.77. The third-order valence-electron chi connectivity index (χ3n) is 4.29. The number of piperidine rings is 1. The molecule has 2 aliphatic rings. The molecule has 2 amide bonds. The summed E-state index contributed by atoms with van der Waals surface area (Å²) in [6, 6.07) is 0.129. The molecule has 2 rings (SSSR count). The van der Waals surface area contributed by atoms with E-state index in [2.05, 4.69) is 21.5 Å². The van der Waals surface area contributed by atoms with Gasteiger partial charge in [0.1, 0.15) is 6.61 Å². The third kappa shape index (κ3) is 5.32. The molecule has 0 aromatic carbocycles. The van der Waals surface area contributed by atoms with Gasteiger partial charge >= 0.3 is 0 Å². The highest BCUT2D eigenvalue weighted by molar-refractivity contribution is 5.78. The van der Waals surface area contributed by atoms with Gasteiger partial charge < -0.3 is 15.0 Å². The molecule has 1 N–H and O–H groups in total. The minimum atomic E-state index is -0.403. The monoisotopic (exact) mass is 320 g/mol. The standard InChI is InChI=1S/C16H24N4O3/c1-3-4-8-16(18-19-16)9-5-14(21)17-13-6-10-20(11-7-13)15(22)12-23-2/h1,13H,4-12H2,2H3,(H,17,21). The van der Waals surface area contributed by atoms with Gasteiger partial charge in [-0.3, -0.25) is 9.59 Å². The van der Waals surface area contributed by atoms with E-state index in [0.717, 1.165) is 19.3 Å². The molecule has 1 fully saturated rings. The van der Waals surface area contributed by atoms with Crippen LogP contribution in [-0.4, -0.2) is 55.2 Å². The Kier molecular flexibility index (Phi) is 6.11. The second-order valence-electron chi connectivity index (χ2n) is 6.04. The molecule has 2 aliphatic heterocycles. The summed E-state index contributed by atoms with van der Waals surface area (Å²) in [6.07, 6.45) is 9.16. The molecule has 0 bridgehead atoms. The summed E-state index contributed by atoms with van der Waals surface area (Å²) in [6.45, 7) is 1.43. The van der Waals surface area contributed by atoms with Crippen LogP contribution in [0.2, 0.25) is 0 Å². The molecule has 0 unspecified atom stereocenters. The summed E-state index contributed by atoms with van der Waals surface area (Å²) >= 11 is 0. The van der Waals surface area contributed by atoms with E-state index in [4.69, 9.17) is 11.2 Å². The molecule has 1 saturated heterocycles. The van der Waals surface area contributed by atoms with Crippen LogP contribution in [0.5, 0.6) is 0 Å². The van der Waals surface area contributed by atoms with Gasteiger partial charge in [0.25, 0.3) is 0 Å². The first kappa shape index (κ1) is 17.4. The molecule has 0 aromatic heterocycles. The van der Waals surface area contributed by atoms with Crippen LogP contribution in [0.4, 0.5) is 0 Å². The molecule has 7 heteroatoms. The first-order chi connectivity index (χ1) is 11.1. The summed E-state index contributed by atoms with van der Waals surface area (Å²) in [5, 5.41) is 11.1. The number of likely N-dealkylation sites (tertiary alicyclic amines) is 1. The highest BCUT2D eigenvalue weighted by Gasteiger charge is 2.39. The average Bonchev–Trinajstić information content (AvgIpc) is 3.32. The summed E-state index contributed by atoms with van der Waals surface area (Å²) in [4.78, 5) is 25.5. The number of ether oxygens (including phenoxy) is 1. The fourth-order valence-electron chi connectivity index (χ4n) is 2.77. The lowest BCUT2D eigenvalue weighted by atomic mass is 10.0. The molecule has 0 spiro atoms. The Labute approximate surface area is 136 Å². The largest absolute Gasteiger partial charge is 0.375 e. The highest BCUT2D eigenvalue weighted by atomic mass is 16.5. The quantitative estimate of drug-likeness (QED) is 0.680. The zero-order valence-electron chi connectivity index (χ0n) is 13.6. The Hall–Kier alpha value is -1.94. The Bertz CT molecular complexity index is 498. The lowest BCUT2D eigenvalue weighted by Crippen LogP contribution is -2.47. The van der Waals surface area contributed by atoms with Crippen molar-refractivity contribution >= 4 is 11.8 Å². The maximum absolute atomic E-state index is 12.0. The third-order valence-corrected chi connectivity index (χ3v) is 4.29. The first-order valence-electron chi connectivity index (χ1n) is 8.02. The minimum Gasteiger partial charge on any atom is -0.375 e. The Balaban J connectivity index is 1.63. The Morgan fingerprint density at radius 3 is 2.61 bits per heavy atom. The summed E-state index contributed by atoms with van der Waals surface area (Å²) in [5.74, 6) is 2.60. The van der Waals surface area contributed by atoms with Gasteiger partial charge in [0.15, 0.2) is 5.66 Å². The van der Waals surface area contributed by atoms with Crippen molar-refractivity contribution in [3.63, 3.8) is 0 Å². The van der Waals surface area contributed by atoms with E-state index in [-0.39, 0.29) is 24.5 Å². The highest BCUT2D eigenvalue weighted by Crippen LogP contribution is 2.37. The zero-order valence-corrected chi connectivity index (χ0v) is 13.6. The lowest BCUT2D eigenvalue weighted by Gasteiger charge is -2.32. The molecule has 0 radical (unpaired) electrons. The van der Waals surface area contributed by atoms with E-state index in [9.17, 15) is 9.59 Å². The van der Waals surface area contributed by atoms with Crippen LogP contribution in [0.1, 0.15) is 38.5 Å². The number of nitrogens with zero attached hydrogens (tertiary/aromatic N) is 3. The number of hydrogen-bond donors (Lipinski definition) is 1. The van der Waals surface area contributed by atoms with Gasteiger partial charge in [0, 0.05) is 51.9 Å². The van der Waals surface area contributed by atoms with Crippen LogP contribution in [0.25, 0.3) is 0 Å². The fraction of sp³-hybridized carbons (Fsp3) is 0.750. The predicted octanol–water partition coefficient (Wildman–Crippen LogP) is 1.10. The van der Waals surface area contributed by atoms with E-state index in [1.54, 1.807) is 4.90 Å². The van der Waals surface area contributed by atoms with Crippen LogP contribution < -0.4 is 5.32 Å². The molecule has 0 aliphatic carbocycles. The predicted molar refractivity (Wildman–Crippen MR) is 84.5 cm³/mol. The SMILES string of the molecule is C#CCCC1(CCC(=O)NC2CCN(C(=O)COC)CC2)N=N1. The van der Waals surface area contributed by atoms with Crippen LogP contribution in [-0.2, 0) is 14.3 Å². The van der Waals surface area contributed by atoms with E-state index in [0.29, 0.717) is 32.4 Å². The number of rotatable bonds is 8. The van der Waals surface area contributed by atoms with Gasteiger partial charge in [-0.25, -0.2) is 0 Å². The van der Waals surface area contributed by atoms with Gasteiger partial charge in [-0.15, -0.1) is 12.3 Å². The summed E-state index contributed by atoms with van der Waals surface area (Å²) in [7, 11) is 1.51.